The Morgan fingerprint density at radius 2 is 2.10 bits per heavy atom. The maximum Gasteiger partial charge on any atom is 0.144 e. The van der Waals surface area contributed by atoms with Crippen molar-refractivity contribution in [1.82, 2.24) is 9.97 Å². The number of aromatic amines is 2. The molecule has 0 bridgehead atoms. The number of methoxy groups -OCH3 is 1. The minimum absolute atomic E-state index is 0.665. The number of H-pyrrole nitrogens is 2. The highest BCUT2D eigenvalue weighted by atomic mass is 16.5. The van der Waals surface area contributed by atoms with Gasteiger partial charge in [0.15, 0.2) is 0 Å². The van der Waals surface area contributed by atoms with Crippen molar-refractivity contribution >= 4 is 11.8 Å². The number of nitrogens with zero attached hydrogens (tertiary/aromatic N) is 1. The monoisotopic (exact) mass is 391 g/mol. The zero-order chi connectivity index (χ0) is 20.1. The lowest BCUT2D eigenvalue weighted by Crippen LogP contribution is -2.11. The molecule has 4 rings (SSSR count). The Labute approximate surface area is 174 Å². The Hall–Kier alpha value is -2.49. The van der Waals surface area contributed by atoms with Gasteiger partial charge in [0.05, 0.1) is 29.9 Å². The topological polar surface area (TPSA) is 53.2 Å². The molecule has 4 nitrogen and oxygen atoms in total. The smallest absolute Gasteiger partial charge is 0.144 e. The fraction of sp³-hybridized carbons (Fsp3) is 0.480. The first kappa shape index (κ1) is 19.8. The van der Waals surface area contributed by atoms with Crippen molar-refractivity contribution in [3.05, 3.63) is 47.4 Å². The normalized spacial score (nSPS) is 21.2. The lowest BCUT2D eigenvalue weighted by molar-refractivity contribution is 0.414. The molecule has 2 N–H and O–H groups in total. The van der Waals surface area contributed by atoms with E-state index in [0.717, 1.165) is 34.9 Å². The van der Waals surface area contributed by atoms with E-state index in [-0.39, 0.29) is 0 Å². The molecule has 154 valence electrons. The molecule has 2 aromatic rings. The first-order valence-electron chi connectivity index (χ1n) is 11.2. The second kappa shape index (κ2) is 9.34. The zero-order valence-corrected chi connectivity index (χ0v) is 17.8. The summed E-state index contributed by atoms with van der Waals surface area (Å²) in [6.45, 7) is 2.29. The molecule has 0 radical (unpaired) electrons. The summed E-state index contributed by atoms with van der Waals surface area (Å²) in [5, 5.41) is 0. The number of fused-ring (bicyclic) bond motifs is 1. The molecule has 3 heterocycles. The lowest BCUT2D eigenvalue weighted by Gasteiger charge is -2.18. The van der Waals surface area contributed by atoms with Gasteiger partial charge in [-0.3, -0.25) is 4.99 Å². The molecule has 29 heavy (non-hydrogen) atoms. The molecule has 1 fully saturated rings. The second-order valence-corrected chi connectivity index (χ2v) is 8.27. The largest absolute Gasteiger partial charge is 0.494 e. The molecule has 4 heteroatoms. The first-order chi connectivity index (χ1) is 14.3. The number of allylic oxidation sites excluding steroid dienone is 2. The minimum atomic E-state index is 0.665. The van der Waals surface area contributed by atoms with Gasteiger partial charge in [0.25, 0.3) is 0 Å². The van der Waals surface area contributed by atoms with Crippen LogP contribution >= 0.6 is 0 Å². The van der Waals surface area contributed by atoms with Crippen LogP contribution in [0.3, 0.4) is 0 Å². The van der Waals surface area contributed by atoms with E-state index in [1.807, 2.05) is 18.3 Å². The van der Waals surface area contributed by atoms with Crippen LogP contribution in [-0.2, 0) is 0 Å². The Morgan fingerprint density at radius 1 is 1.21 bits per heavy atom. The zero-order valence-electron chi connectivity index (χ0n) is 17.8. The molecule has 2 aromatic heterocycles. The van der Waals surface area contributed by atoms with E-state index in [0.29, 0.717) is 5.92 Å². The molecule has 1 atom stereocenters. The van der Waals surface area contributed by atoms with Crippen LogP contribution in [0.25, 0.3) is 17.5 Å². The number of hydrogen-bond acceptors (Lipinski definition) is 2. The number of rotatable bonds is 6. The summed E-state index contributed by atoms with van der Waals surface area (Å²) < 4.78 is 5.62. The van der Waals surface area contributed by atoms with Gasteiger partial charge in [-0.25, -0.2) is 0 Å². The molecular weight excluding hydrogens is 358 g/mol. The lowest BCUT2D eigenvalue weighted by atomic mass is 9.86. The average Bonchev–Trinajstić information content (AvgIpc) is 3.46. The summed E-state index contributed by atoms with van der Waals surface area (Å²) in [5.74, 6) is 1.52. The third-order valence-electron chi connectivity index (χ3n) is 6.17. The van der Waals surface area contributed by atoms with E-state index in [4.69, 9.17) is 9.73 Å². The van der Waals surface area contributed by atoms with Crippen LogP contribution < -0.4 is 4.74 Å². The van der Waals surface area contributed by atoms with Crippen molar-refractivity contribution < 1.29 is 4.74 Å². The minimum Gasteiger partial charge on any atom is -0.494 e. The highest BCUT2D eigenvalue weighted by Crippen LogP contribution is 2.35. The Bertz CT molecular complexity index is 899. The summed E-state index contributed by atoms with van der Waals surface area (Å²) in [6.07, 6.45) is 18.0. The number of nitrogens with one attached hydrogen (secondary N) is 2. The van der Waals surface area contributed by atoms with Gasteiger partial charge < -0.3 is 14.7 Å². The third kappa shape index (κ3) is 4.58. The van der Waals surface area contributed by atoms with Crippen molar-refractivity contribution in [3.63, 3.8) is 0 Å². The van der Waals surface area contributed by atoms with E-state index in [9.17, 15) is 0 Å². The van der Waals surface area contributed by atoms with Crippen LogP contribution in [0.5, 0.6) is 5.75 Å². The number of aliphatic imine (C=N–C) groups is 1. The fourth-order valence-corrected chi connectivity index (χ4v) is 4.58. The van der Waals surface area contributed by atoms with Crippen molar-refractivity contribution in [1.29, 1.82) is 0 Å². The molecule has 1 aliphatic carbocycles. The van der Waals surface area contributed by atoms with E-state index < -0.39 is 0 Å². The van der Waals surface area contributed by atoms with E-state index >= 15 is 0 Å². The molecule has 0 amide bonds. The van der Waals surface area contributed by atoms with Crippen molar-refractivity contribution in [2.45, 2.75) is 64.7 Å². The van der Waals surface area contributed by atoms with Gasteiger partial charge in [0.2, 0.25) is 0 Å². The fourth-order valence-electron chi connectivity index (χ4n) is 4.58. The molecule has 0 unspecified atom stereocenters. The summed E-state index contributed by atoms with van der Waals surface area (Å²) in [5.41, 5.74) is 6.94. The van der Waals surface area contributed by atoms with Gasteiger partial charge in [0.1, 0.15) is 5.75 Å². The molecule has 0 spiro atoms. The highest BCUT2D eigenvalue weighted by Gasteiger charge is 2.24. The molecule has 0 saturated heterocycles. The van der Waals surface area contributed by atoms with E-state index in [2.05, 4.69) is 35.1 Å². The van der Waals surface area contributed by atoms with Gasteiger partial charge in [-0.2, -0.15) is 0 Å². The van der Waals surface area contributed by atoms with Crippen molar-refractivity contribution in [2.75, 3.05) is 7.11 Å². The Balaban J connectivity index is 1.65. The maximum atomic E-state index is 5.62. The number of unbranched alkanes of at least 4 members (excludes halogenated alkanes) is 1. The quantitative estimate of drug-likeness (QED) is 0.553. The van der Waals surface area contributed by atoms with E-state index in [1.165, 1.54) is 62.7 Å². The van der Waals surface area contributed by atoms with Crippen molar-refractivity contribution in [2.24, 2.45) is 10.9 Å². The number of hydrogen-bond donors (Lipinski definition) is 2. The summed E-state index contributed by atoms with van der Waals surface area (Å²) in [4.78, 5) is 11.8. The Morgan fingerprint density at radius 3 is 2.90 bits per heavy atom. The van der Waals surface area contributed by atoms with Crippen LogP contribution in [-0.4, -0.2) is 22.8 Å². The van der Waals surface area contributed by atoms with Gasteiger partial charge >= 0.3 is 0 Å². The van der Waals surface area contributed by atoms with Crippen LogP contribution in [0.1, 0.15) is 70.4 Å². The van der Waals surface area contributed by atoms with Gasteiger partial charge in [0, 0.05) is 18.0 Å². The standard InChI is InChI=1S/C25H33N3O/c1-3-4-10-18-11-7-5-6-8-12-21-20(18)15-19(27-21)16-24-25(29-2)17-23(28-24)22-13-9-14-26-22/h9,13-18,26,28H,3-8,10-12H2,1-2H3/b19-16-/t18-/m0/s1. The summed E-state index contributed by atoms with van der Waals surface area (Å²) in [7, 11) is 1.72. The predicted octanol–water partition coefficient (Wildman–Crippen LogP) is 6.90. The third-order valence-corrected chi connectivity index (χ3v) is 6.17. The Kier molecular flexibility index (Phi) is 6.38. The van der Waals surface area contributed by atoms with Crippen molar-refractivity contribution in [3.8, 4) is 17.1 Å². The molecule has 1 aliphatic heterocycles. The summed E-state index contributed by atoms with van der Waals surface area (Å²) >= 11 is 0. The van der Waals surface area contributed by atoms with Crippen LogP contribution in [0, 0.1) is 5.92 Å². The average molecular weight is 392 g/mol. The second-order valence-electron chi connectivity index (χ2n) is 8.27. The van der Waals surface area contributed by atoms with Crippen LogP contribution in [0.2, 0.25) is 0 Å². The van der Waals surface area contributed by atoms with Gasteiger partial charge in [-0.05, 0) is 61.5 Å². The highest BCUT2D eigenvalue weighted by molar-refractivity contribution is 6.04. The first-order valence-corrected chi connectivity index (χ1v) is 11.2. The predicted molar refractivity (Wildman–Crippen MR) is 121 cm³/mol. The number of aromatic nitrogens is 2. The molecule has 1 saturated carbocycles. The van der Waals surface area contributed by atoms with Crippen LogP contribution in [0.15, 0.2) is 46.7 Å². The maximum absolute atomic E-state index is 5.62. The number of ether oxygens (including phenoxy) is 1. The molecule has 2 aliphatic rings. The SMILES string of the molecule is CCCC[C@H]1CCCCCCC2=N/C(=C\c3[nH]c(-c4ccc[nH]4)cc3OC)C=C21. The van der Waals surface area contributed by atoms with E-state index in [1.54, 1.807) is 7.11 Å². The summed E-state index contributed by atoms with van der Waals surface area (Å²) in [6, 6.07) is 6.11. The van der Waals surface area contributed by atoms with Crippen LogP contribution in [0.4, 0.5) is 0 Å². The molecule has 0 aromatic carbocycles. The van der Waals surface area contributed by atoms with Gasteiger partial charge in [-0.1, -0.05) is 39.0 Å². The van der Waals surface area contributed by atoms with Gasteiger partial charge in [-0.15, -0.1) is 0 Å². The molecular formula is C25H33N3O.